The maximum atomic E-state index is 12.0. The summed E-state index contributed by atoms with van der Waals surface area (Å²) in [5.74, 6) is 0.246. The Morgan fingerprint density at radius 3 is 2.06 bits per heavy atom. The number of carbonyl (C=O) groups excluding carboxylic acids is 2. The van der Waals surface area contributed by atoms with Crippen molar-refractivity contribution >= 4 is 11.8 Å². The lowest BCUT2D eigenvalue weighted by atomic mass is 9.84. The molecule has 2 fully saturated rings. The number of nitrogens with zero attached hydrogens (tertiary/aromatic N) is 2. The maximum Gasteiger partial charge on any atom is 0.251 e. The predicted octanol–water partition coefficient (Wildman–Crippen LogP) is -0.162. The molecule has 0 bridgehead atoms. The highest BCUT2D eigenvalue weighted by Crippen LogP contribution is 2.28. The van der Waals surface area contributed by atoms with Gasteiger partial charge in [-0.2, -0.15) is 0 Å². The van der Waals surface area contributed by atoms with E-state index in [1.54, 1.807) is 4.90 Å². The van der Waals surface area contributed by atoms with E-state index in [0.717, 1.165) is 19.3 Å². The van der Waals surface area contributed by atoms with Gasteiger partial charge in [-0.25, -0.2) is 0 Å². The Balaban J connectivity index is 1.81. The molecule has 17 heavy (non-hydrogen) atoms. The van der Waals surface area contributed by atoms with E-state index < -0.39 is 6.10 Å². The zero-order chi connectivity index (χ0) is 12.4. The van der Waals surface area contributed by atoms with Gasteiger partial charge in [-0.3, -0.25) is 9.59 Å². The highest BCUT2D eigenvalue weighted by Gasteiger charge is 2.32. The number of hydrogen-bond acceptors (Lipinski definition) is 3. The minimum Gasteiger partial charge on any atom is -0.384 e. The maximum absolute atomic E-state index is 12.0. The second-order valence-electron chi connectivity index (χ2n) is 4.95. The normalized spacial score (nSPS) is 23.2. The predicted molar refractivity (Wildman–Crippen MR) is 62.2 cm³/mol. The van der Waals surface area contributed by atoms with Crippen molar-refractivity contribution in [3.05, 3.63) is 0 Å². The highest BCUT2D eigenvalue weighted by atomic mass is 16.3. The Morgan fingerprint density at radius 2 is 1.65 bits per heavy atom. The number of piperazine rings is 1. The van der Waals surface area contributed by atoms with E-state index in [0.29, 0.717) is 26.2 Å². The standard InChI is InChI=1S/C12H20N2O3/c1-9(15)11(16)13-5-7-14(8-6-13)12(17)10-3-2-4-10/h9-10,15H,2-8H2,1H3. The van der Waals surface area contributed by atoms with Gasteiger partial charge in [0, 0.05) is 32.1 Å². The number of aliphatic hydroxyl groups excluding tert-OH is 1. The molecule has 2 aliphatic rings. The second kappa shape index (κ2) is 5.04. The molecule has 1 atom stereocenters. The first-order chi connectivity index (χ1) is 8.09. The second-order valence-corrected chi connectivity index (χ2v) is 4.95. The first-order valence-electron chi connectivity index (χ1n) is 6.35. The molecule has 0 spiro atoms. The number of amides is 2. The van der Waals surface area contributed by atoms with E-state index in [1.165, 1.54) is 6.92 Å². The molecule has 96 valence electrons. The van der Waals surface area contributed by atoms with Gasteiger partial charge in [-0.15, -0.1) is 0 Å². The Hall–Kier alpha value is -1.10. The molecule has 5 nitrogen and oxygen atoms in total. The molecule has 2 amide bonds. The van der Waals surface area contributed by atoms with Crippen LogP contribution in [-0.4, -0.2) is 59.0 Å². The van der Waals surface area contributed by atoms with Crippen molar-refractivity contribution in [2.45, 2.75) is 32.3 Å². The van der Waals surface area contributed by atoms with Crippen LogP contribution in [-0.2, 0) is 9.59 Å². The minimum absolute atomic E-state index is 0.231. The van der Waals surface area contributed by atoms with Crippen LogP contribution in [0.2, 0.25) is 0 Å². The Morgan fingerprint density at radius 1 is 1.12 bits per heavy atom. The number of carbonyl (C=O) groups is 2. The van der Waals surface area contributed by atoms with Crippen molar-refractivity contribution in [3.8, 4) is 0 Å². The summed E-state index contributed by atoms with van der Waals surface area (Å²) in [6.07, 6.45) is 2.26. The van der Waals surface area contributed by atoms with Gasteiger partial charge in [0.15, 0.2) is 0 Å². The summed E-state index contributed by atoms with van der Waals surface area (Å²) in [7, 11) is 0. The van der Waals surface area contributed by atoms with Crippen molar-refractivity contribution in [2.75, 3.05) is 26.2 Å². The van der Waals surface area contributed by atoms with E-state index in [1.807, 2.05) is 4.90 Å². The summed E-state index contributed by atoms with van der Waals surface area (Å²) >= 11 is 0. The first-order valence-corrected chi connectivity index (χ1v) is 6.35. The van der Waals surface area contributed by atoms with Crippen molar-refractivity contribution in [2.24, 2.45) is 5.92 Å². The number of aliphatic hydroxyl groups is 1. The lowest BCUT2D eigenvalue weighted by molar-refractivity contribution is -0.147. The fourth-order valence-corrected chi connectivity index (χ4v) is 2.32. The van der Waals surface area contributed by atoms with Crippen LogP contribution in [0.3, 0.4) is 0 Å². The smallest absolute Gasteiger partial charge is 0.251 e. The molecule has 2 rings (SSSR count). The zero-order valence-corrected chi connectivity index (χ0v) is 10.3. The fraction of sp³-hybridized carbons (Fsp3) is 0.833. The lowest BCUT2D eigenvalue weighted by Crippen LogP contribution is -2.54. The van der Waals surface area contributed by atoms with Crippen LogP contribution < -0.4 is 0 Å². The fourth-order valence-electron chi connectivity index (χ4n) is 2.32. The Kier molecular flexibility index (Phi) is 3.66. The van der Waals surface area contributed by atoms with Crippen LogP contribution >= 0.6 is 0 Å². The van der Waals surface area contributed by atoms with Crippen molar-refractivity contribution in [3.63, 3.8) is 0 Å². The molecule has 1 aliphatic carbocycles. The van der Waals surface area contributed by atoms with E-state index in [-0.39, 0.29) is 17.7 Å². The first kappa shape index (κ1) is 12.4. The van der Waals surface area contributed by atoms with Crippen LogP contribution in [0.1, 0.15) is 26.2 Å². The minimum atomic E-state index is -0.941. The van der Waals surface area contributed by atoms with Crippen molar-refractivity contribution in [1.29, 1.82) is 0 Å². The van der Waals surface area contributed by atoms with Gasteiger partial charge in [-0.1, -0.05) is 6.42 Å². The average Bonchev–Trinajstić information content (AvgIpc) is 2.25. The molecule has 1 aliphatic heterocycles. The van der Waals surface area contributed by atoms with Crippen LogP contribution in [0, 0.1) is 5.92 Å². The molecule has 1 N–H and O–H groups in total. The SMILES string of the molecule is CC(O)C(=O)N1CCN(C(=O)C2CCC2)CC1. The van der Waals surface area contributed by atoms with Gasteiger partial charge >= 0.3 is 0 Å². The molecule has 0 aromatic carbocycles. The van der Waals surface area contributed by atoms with Gasteiger partial charge in [0.25, 0.3) is 5.91 Å². The van der Waals surface area contributed by atoms with Crippen molar-refractivity contribution in [1.82, 2.24) is 9.80 Å². The third kappa shape index (κ3) is 2.60. The Bertz CT molecular complexity index is 305. The monoisotopic (exact) mass is 240 g/mol. The van der Waals surface area contributed by atoms with Crippen molar-refractivity contribution < 1.29 is 14.7 Å². The molecule has 1 unspecified atom stereocenters. The largest absolute Gasteiger partial charge is 0.384 e. The van der Waals surface area contributed by atoms with E-state index in [2.05, 4.69) is 0 Å². The summed E-state index contributed by atoms with van der Waals surface area (Å²) in [5, 5.41) is 9.21. The van der Waals surface area contributed by atoms with Gasteiger partial charge in [0.05, 0.1) is 0 Å². The van der Waals surface area contributed by atoms with Crippen LogP contribution in [0.25, 0.3) is 0 Å². The summed E-state index contributed by atoms with van der Waals surface area (Å²) in [5.41, 5.74) is 0. The lowest BCUT2D eigenvalue weighted by Gasteiger charge is -2.38. The van der Waals surface area contributed by atoms with E-state index in [4.69, 9.17) is 0 Å². The topological polar surface area (TPSA) is 60.9 Å². The average molecular weight is 240 g/mol. The molecule has 1 heterocycles. The summed E-state index contributed by atoms with van der Waals surface area (Å²) < 4.78 is 0. The molecular formula is C12H20N2O3. The van der Waals surface area contributed by atoms with Crippen LogP contribution in [0.15, 0.2) is 0 Å². The van der Waals surface area contributed by atoms with Gasteiger partial charge in [0.1, 0.15) is 6.10 Å². The number of rotatable bonds is 2. The summed E-state index contributed by atoms with van der Waals surface area (Å²) in [6.45, 7) is 3.78. The van der Waals surface area contributed by atoms with Gasteiger partial charge in [0.2, 0.25) is 5.91 Å². The zero-order valence-electron chi connectivity index (χ0n) is 10.3. The third-order valence-corrected chi connectivity index (χ3v) is 3.71. The molecular weight excluding hydrogens is 220 g/mol. The molecule has 1 saturated heterocycles. The summed E-state index contributed by atoms with van der Waals surface area (Å²) in [4.78, 5) is 27.0. The van der Waals surface area contributed by atoms with Gasteiger partial charge in [-0.05, 0) is 19.8 Å². The molecule has 0 aromatic rings. The molecule has 0 aromatic heterocycles. The highest BCUT2D eigenvalue weighted by molar-refractivity contribution is 5.82. The van der Waals surface area contributed by atoms with Gasteiger partial charge < -0.3 is 14.9 Å². The molecule has 5 heteroatoms. The van der Waals surface area contributed by atoms with E-state index in [9.17, 15) is 14.7 Å². The quantitative estimate of drug-likeness (QED) is 0.729. The summed E-state index contributed by atoms with van der Waals surface area (Å²) in [6, 6.07) is 0. The molecule has 1 saturated carbocycles. The molecule has 0 radical (unpaired) electrons. The van der Waals surface area contributed by atoms with E-state index >= 15 is 0 Å². The third-order valence-electron chi connectivity index (χ3n) is 3.71. The van der Waals surface area contributed by atoms with Crippen LogP contribution in [0.4, 0.5) is 0 Å². The Labute approximate surface area is 101 Å². The number of hydrogen-bond donors (Lipinski definition) is 1. The van der Waals surface area contributed by atoms with Crippen LogP contribution in [0.5, 0.6) is 0 Å².